The van der Waals surface area contributed by atoms with Crippen molar-refractivity contribution in [1.82, 2.24) is 9.88 Å². The van der Waals surface area contributed by atoms with Crippen LogP contribution >= 0.6 is 0 Å². The minimum atomic E-state index is -0.0329. The molecule has 1 fully saturated rings. The van der Waals surface area contributed by atoms with Gasteiger partial charge in [0.25, 0.3) is 0 Å². The lowest BCUT2D eigenvalue weighted by Crippen LogP contribution is -2.48. The van der Waals surface area contributed by atoms with E-state index in [2.05, 4.69) is 23.7 Å². The lowest BCUT2D eigenvalue weighted by molar-refractivity contribution is 0.0663. The average molecular weight is 284 g/mol. The van der Waals surface area contributed by atoms with Gasteiger partial charge in [-0.1, -0.05) is 31.5 Å². The normalized spacial score (nSPS) is 21.5. The van der Waals surface area contributed by atoms with Gasteiger partial charge in [-0.05, 0) is 38.8 Å². The third kappa shape index (κ3) is 2.62. The number of benzene rings is 1. The van der Waals surface area contributed by atoms with E-state index in [0.717, 1.165) is 29.4 Å². The Morgan fingerprint density at radius 1 is 1.38 bits per heavy atom. The lowest BCUT2D eigenvalue weighted by Gasteiger charge is -2.38. The van der Waals surface area contributed by atoms with Gasteiger partial charge in [0.1, 0.15) is 0 Å². The number of para-hydroxylation sites is 1. The first kappa shape index (κ1) is 14.3. The molecule has 3 nitrogen and oxygen atoms in total. The number of nitrogens with zero attached hydrogens (tertiary/aromatic N) is 1. The highest BCUT2D eigenvalue weighted by Gasteiger charge is 2.30. The summed E-state index contributed by atoms with van der Waals surface area (Å²) in [5, 5.41) is 1.04. The number of aromatic amines is 1. The van der Waals surface area contributed by atoms with Crippen LogP contribution in [0.3, 0.4) is 0 Å². The molecule has 3 rings (SSSR count). The number of piperidine rings is 1. The molecule has 1 aliphatic rings. The average Bonchev–Trinajstić information content (AvgIpc) is 2.97. The van der Waals surface area contributed by atoms with Gasteiger partial charge in [-0.25, -0.2) is 0 Å². The monoisotopic (exact) mass is 284 g/mol. The Morgan fingerprint density at radius 2 is 2.19 bits per heavy atom. The van der Waals surface area contributed by atoms with E-state index < -0.39 is 0 Å². The summed E-state index contributed by atoms with van der Waals surface area (Å²) in [6.45, 7) is 5.34. The standard InChI is InChI=1S/C18H24N2O/c1-3-14-8-6-7-11-20(14)13(2)18(21)16-12-19-17-10-5-4-9-15(16)17/h4-5,9-10,12-14,19H,3,6-8,11H2,1-2H3/t13-,14+/m1/s1. The molecule has 0 saturated carbocycles. The number of rotatable bonds is 4. The van der Waals surface area contributed by atoms with Crippen LogP contribution in [0.25, 0.3) is 10.9 Å². The highest BCUT2D eigenvalue weighted by atomic mass is 16.1. The number of likely N-dealkylation sites (tertiary alicyclic amines) is 1. The van der Waals surface area contributed by atoms with E-state index in [1.165, 1.54) is 19.3 Å². The van der Waals surface area contributed by atoms with Crippen molar-refractivity contribution in [2.24, 2.45) is 0 Å². The number of fused-ring (bicyclic) bond motifs is 1. The van der Waals surface area contributed by atoms with Crippen molar-refractivity contribution in [3.8, 4) is 0 Å². The van der Waals surface area contributed by atoms with Crippen LogP contribution in [0.1, 0.15) is 49.9 Å². The van der Waals surface area contributed by atoms with E-state index in [1.807, 2.05) is 30.5 Å². The molecule has 1 N–H and O–H groups in total. The second-order valence-electron chi connectivity index (χ2n) is 6.08. The quantitative estimate of drug-likeness (QED) is 0.861. The van der Waals surface area contributed by atoms with Crippen LogP contribution in [-0.2, 0) is 0 Å². The summed E-state index contributed by atoms with van der Waals surface area (Å²) in [6.07, 6.45) is 6.73. The predicted molar refractivity (Wildman–Crippen MR) is 86.7 cm³/mol. The van der Waals surface area contributed by atoms with E-state index in [4.69, 9.17) is 0 Å². The number of H-pyrrole nitrogens is 1. The molecule has 21 heavy (non-hydrogen) atoms. The summed E-state index contributed by atoms with van der Waals surface area (Å²) in [7, 11) is 0. The van der Waals surface area contributed by atoms with E-state index in [9.17, 15) is 4.79 Å². The number of carbonyl (C=O) groups excluding carboxylic acids is 1. The van der Waals surface area contributed by atoms with Gasteiger partial charge in [0.15, 0.2) is 5.78 Å². The fourth-order valence-corrected chi connectivity index (χ4v) is 3.62. The Labute approximate surface area is 126 Å². The number of aromatic nitrogens is 1. The molecule has 1 aliphatic heterocycles. The van der Waals surface area contributed by atoms with E-state index in [0.29, 0.717) is 6.04 Å². The number of ketones is 1. The van der Waals surface area contributed by atoms with Crippen molar-refractivity contribution < 1.29 is 4.79 Å². The van der Waals surface area contributed by atoms with Crippen molar-refractivity contribution in [2.75, 3.05) is 6.54 Å². The van der Waals surface area contributed by atoms with Crippen molar-refractivity contribution in [2.45, 2.75) is 51.6 Å². The number of hydrogen-bond donors (Lipinski definition) is 1. The summed E-state index contributed by atoms with van der Waals surface area (Å²) >= 11 is 0. The molecule has 0 spiro atoms. The largest absolute Gasteiger partial charge is 0.360 e. The first-order valence-corrected chi connectivity index (χ1v) is 8.08. The van der Waals surface area contributed by atoms with Crippen molar-refractivity contribution >= 4 is 16.7 Å². The van der Waals surface area contributed by atoms with E-state index in [1.54, 1.807) is 0 Å². The van der Waals surface area contributed by atoms with Gasteiger partial charge in [0.2, 0.25) is 0 Å². The lowest BCUT2D eigenvalue weighted by atomic mass is 9.95. The molecule has 0 radical (unpaired) electrons. The minimum absolute atomic E-state index is 0.0329. The maximum atomic E-state index is 12.9. The highest BCUT2D eigenvalue weighted by Crippen LogP contribution is 2.25. The molecular formula is C18H24N2O. The minimum Gasteiger partial charge on any atom is -0.360 e. The Bertz CT molecular complexity index is 631. The molecule has 3 heteroatoms. The maximum absolute atomic E-state index is 12.9. The number of Topliss-reactive ketones (excluding diaryl/α,β-unsaturated/α-hetero) is 1. The molecule has 0 amide bonds. The zero-order valence-electron chi connectivity index (χ0n) is 12.9. The first-order chi connectivity index (χ1) is 10.2. The number of carbonyl (C=O) groups is 1. The smallest absolute Gasteiger partial charge is 0.181 e. The van der Waals surface area contributed by atoms with Crippen LogP contribution in [0.15, 0.2) is 30.5 Å². The molecule has 1 saturated heterocycles. The fourth-order valence-electron chi connectivity index (χ4n) is 3.62. The third-order valence-corrected chi connectivity index (χ3v) is 4.88. The molecule has 0 unspecified atom stereocenters. The summed E-state index contributed by atoms with van der Waals surface area (Å²) < 4.78 is 0. The molecule has 2 aromatic rings. The summed E-state index contributed by atoms with van der Waals surface area (Å²) in [5.74, 6) is 0.243. The van der Waals surface area contributed by atoms with Crippen molar-refractivity contribution in [3.05, 3.63) is 36.0 Å². The number of nitrogens with one attached hydrogen (secondary N) is 1. The fraction of sp³-hybridized carbons (Fsp3) is 0.500. The number of hydrogen-bond acceptors (Lipinski definition) is 2. The summed E-state index contributed by atoms with van der Waals surface area (Å²) in [5.41, 5.74) is 1.87. The predicted octanol–water partition coefficient (Wildman–Crippen LogP) is 4.00. The topological polar surface area (TPSA) is 36.1 Å². The van der Waals surface area contributed by atoms with Gasteiger partial charge in [-0.3, -0.25) is 9.69 Å². The zero-order chi connectivity index (χ0) is 14.8. The summed E-state index contributed by atoms with van der Waals surface area (Å²) in [6, 6.07) is 8.56. The summed E-state index contributed by atoms with van der Waals surface area (Å²) in [4.78, 5) is 18.5. The Morgan fingerprint density at radius 3 is 3.00 bits per heavy atom. The zero-order valence-corrected chi connectivity index (χ0v) is 12.9. The Kier molecular flexibility index (Phi) is 4.11. The van der Waals surface area contributed by atoms with Crippen LogP contribution in [0, 0.1) is 0 Å². The van der Waals surface area contributed by atoms with Crippen LogP contribution in [0.2, 0.25) is 0 Å². The second-order valence-corrected chi connectivity index (χ2v) is 6.08. The molecule has 0 aliphatic carbocycles. The molecule has 0 bridgehead atoms. The van der Waals surface area contributed by atoms with Gasteiger partial charge in [0.05, 0.1) is 6.04 Å². The maximum Gasteiger partial charge on any atom is 0.181 e. The molecule has 2 atom stereocenters. The van der Waals surface area contributed by atoms with Crippen LogP contribution in [0.5, 0.6) is 0 Å². The second kappa shape index (κ2) is 6.02. The molecule has 1 aromatic carbocycles. The molecule has 1 aromatic heterocycles. The Balaban J connectivity index is 1.87. The van der Waals surface area contributed by atoms with Gasteiger partial charge >= 0.3 is 0 Å². The van der Waals surface area contributed by atoms with Crippen LogP contribution in [0.4, 0.5) is 0 Å². The van der Waals surface area contributed by atoms with Crippen LogP contribution in [-0.4, -0.2) is 34.3 Å². The molecule has 112 valence electrons. The third-order valence-electron chi connectivity index (χ3n) is 4.88. The van der Waals surface area contributed by atoms with Gasteiger partial charge in [-0.15, -0.1) is 0 Å². The highest BCUT2D eigenvalue weighted by molar-refractivity contribution is 6.10. The van der Waals surface area contributed by atoms with Gasteiger partial charge in [-0.2, -0.15) is 0 Å². The first-order valence-electron chi connectivity index (χ1n) is 8.08. The van der Waals surface area contributed by atoms with E-state index >= 15 is 0 Å². The van der Waals surface area contributed by atoms with Gasteiger partial charge in [0, 0.05) is 28.7 Å². The SMILES string of the molecule is CC[C@H]1CCCCN1[C@H](C)C(=O)c1c[nH]c2ccccc12. The molecular weight excluding hydrogens is 260 g/mol. The molecule has 2 heterocycles. The van der Waals surface area contributed by atoms with Gasteiger partial charge < -0.3 is 4.98 Å². The Hall–Kier alpha value is -1.61. The van der Waals surface area contributed by atoms with Crippen LogP contribution < -0.4 is 0 Å². The van der Waals surface area contributed by atoms with E-state index in [-0.39, 0.29) is 11.8 Å². The van der Waals surface area contributed by atoms with Crippen molar-refractivity contribution in [1.29, 1.82) is 0 Å². The van der Waals surface area contributed by atoms with Crippen molar-refractivity contribution in [3.63, 3.8) is 0 Å².